The Morgan fingerprint density at radius 2 is 1.92 bits per heavy atom. The molecule has 8 heteroatoms. The van der Waals surface area contributed by atoms with Gasteiger partial charge in [-0.2, -0.15) is 0 Å². The van der Waals surface area contributed by atoms with Gasteiger partial charge in [0.05, 0.1) is 12.8 Å². The second kappa shape index (κ2) is 7.40. The summed E-state index contributed by atoms with van der Waals surface area (Å²) in [6, 6.07) is 7.13. The number of phenolic OH excluding ortho intramolecular Hbond substituents is 1. The molecule has 0 fully saturated rings. The molecule has 0 saturated heterocycles. The van der Waals surface area contributed by atoms with E-state index in [-0.39, 0.29) is 18.0 Å². The van der Waals surface area contributed by atoms with Crippen LogP contribution < -0.4 is 15.4 Å². The smallest absolute Gasteiger partial charge is 0.313 e. The normalized spacial score (nSPS) is 10.1. The third-order valence-electron chi connectivity index (χ3n) is 3.12. The first-order chi connectivity index (χ1) is 11.4. The first-order valence-electron chi connectivity index (χ1n) is 6.81. The molecule has 6 nitrogen and oxygen atoms in total. The van der Waals surface area contributed by atoms with Crippen molar-refractivity contribution in [2.45, 2.75) is 6.54 Å². The summed E-state index contributed by atoms with van der Waals surface area (Å²) >= 11 is 0. The number of phenols is 1. The minimum absolute atomic E-state index is 0.152. The maximum Gasteiger partial charge on any atom is 0.313 e. The van der Waals surface area contributed by atoms with Crippen LogP contribution in [-0.4, -0.2) is 24.0 Å². The van der Waals surface area contributed by atoms with Gasteiger partial charge in [-0.05, 0) is 18.2 Å². The van der Waals surface area contributed by atoms with Gasteiger partial charge in [-0.1, -0.05) is 12.1 Å². The average Bonchev–Trinajstić information content (AvgIpc) is 2.56. The molecule has 0 bridgehead atoms. The van der Waals surface area contributed by atoms with Crippen molar-refractivity contribution < 1.29 is 28.2 Å². The summed E-state index contributed by atoms with van der Waals surface area (Å²) in [4.78, 5) is 23.4. The lowest BCUT2D eigenvalue weighted by molar-refractivity contribution is -0.136. The number of hydrogen-bond donors (Lipinski definition) is 3. The molecule has 0 unspecified atom stereocenters. The number of ether oxygens (including phenoxy) is 1. The molecule has 2 aromatic rings. The van der Waals surface area contributed by atoms with E-state index in [1.54, 1.807) is 6.07 Å². The van der Waals surface area contributed by atoms with Crippen molar-refractivity contribution in [1.29, 1.82) is 0 Å². The lowest BCUT2D eigenvalue weighted by atomic mass is 10.2. The molecular formula is C16H14F2N2O4. The van der Waals surface area contributed by atoms with Crippen molar-refractivity contribution in [3.05, 3.63) is 53.6 Å². The maximum atomic E-state index is 13.4. The molecule has 2 amide bonds. The van der Waals surface area contributed by atoms with E-state index in [1.165, 1.54) is 19.2 Å². The Morgan fingerprint density at radius 1 is 1.17 bits per heavy atom. The highest BCUT2D eigenvalue weighted by Crippen LogP contribution is 2.29. The monoisotopic (exact) mass is 336 g/mol. The number of carbonyl (C=O) groups excluding carboxylic acids is 2. The van der Waals surface area contributed by atoms with Crippen molar-refractivity contribution in [2.75, 3.05) is 12.4 Å². The Morgan fingerprint density at radius 3 is 2.62 bits per heavy atom. The number of amides is 2. The first-order valence-corrected chi connectivity index (χ1v) is 6.81. The Bertz CT molecular complexity index is 781. The molecule has 0 heterocycles. The number of nitrogens with one attached hydrogen (secondary N) is 2. The molecule has 2 rings (SSSR count). The van der Waals surface area contributed by atoms with Gasteiger partial charge in [0.25, 0.3) is 0 Å². The molecule has 126 valence electrons. The fourth-order valence-electron chi connectivity index (χ4n) is 1.90. The molecule has 2 aromatic carbocycles. The van der Waals surface area contributed by atoms with Crippen LogP contribution in [0.4, 0.5) is 14.5 Å². The first kappa shape index (κ1) is 17.2. The fourth-order valence-corrected chi connectivity index (χ4v) is 1.90. The van der Waals surface area contributed by atoms with E-state index in [2.05, 4.69) is 5.32 Å². The summed E-state index contributed by atoms with van der Waals surface area (Å²) < 4.78 is 31.4. The van der Waals surface area contributed by atoms with Crippen LogP contribution in [0.1, 0.15) is 5.56 Å². The number of para-hydroxylation sites is 1. The summed E-state index contributed by atoms with van der Waals surface area (Å²) in [6.45, 7) is -0.152. The number of aromatic hydroxyl groups is 1. The van der Waals surface area contributed by atoms with Crippen molar-refractivity contribution in [3.63, 3.8) is 0 Å². The number of hydrogen-bond acceptors (Lipinski definition) is 4. The lowest BCUT2D eigenvalue weighted by Crippen LogP contribution is -2.35. The Balaban J connectivity index is 2.00. The molecule has 0 aromatic heterocycles. The van der Waals surface area contributed by atoms with Crippen LogP contribution >= 0.6 is 0 Å². The number of methoxy groups -OCH3 is 1. The summed E-state index contributed by atoms with van der Waals surface area (Å²) in [5.41, 5.74) is -0.119. The van der Waals surface area contributed by atoms with Gasteiger partial charge in [0.1, 0.15) is 11.6 Å². The van der Waals surface area contributed by atoms with Gasteiger partial charge < -0.3 is 20.5 Å². The highest BCUT2D eigenvalue weighted by atomic mass is 19.1. The van der Waals surface area contributed by atoms with Crippen LogP contribution in [-0.2, 0) is 16.1 Å². The SMILES string of the molecule is COc1cccc(CNC(=O)C(=O)Nc2cc(F)ccc2F)c1O. The minimum atomic E-state index is -1.16. The Labute approximate surface area is 136 Å². The number of halogens is 2. The summed E-state index contributed by atoms with van der Waals surface area (Å²) in [7, 11) is 1.37. The number of anilines is 1. The zero-order valence-electron chi connectivity index (χ0n) is 12.6. The van der Waals surface area contributed by atoms with Crippen LogP contribution in [0.3, 0.4) is 0 Å². The molecule has 0 spiro atoms. The van der Waals surface area contributed by atoms with Crippen LogP contribution in [0.2, 0.25) is 0 Å². The van der Waals surface area contributed by atoms with E-state index in [4.69, 9.17) is 4.74 Å². The third kappa shape index (κ3) is 3.97. The second-order valence-electron chi connectivity index (χ2n) is 4.73. The van der Waals surface area contributed by atoms with Crippen LogP contribution in [0.15, 0.2) is 36.4 Å². The predicted molar refractivity (Wildman–Crippen MR) is 81.5 cm³/mol. The van der Waals surface area contributed by atoms with E-state index in [1.807, 2.05) is 5.32 Å². The summed E-state index contributed by atoms with van der Waals surface area (Å²) in [6.07, 6.45) is 0. The minimum Gasteiger partial charge on any atom is -0.504 e. The third-order valence-corrected chi connectivity index (χ3v) is 3.12. The Kier molecular flexibility index (Phi) is 5.31. The van der Waals surface area contributed by atoms with Crippen LogP contribution in [0.5, 0.6) is 11.5 Å². The number of rotatable bonds is 4. The molecular weight excluding hydrogens is 322 g/mol. The topological polar surface area (TPSA) is 87.7 Å². The van der Waals surface area contributed by atoms with Crippen molar-refractivity contribution in [1.82, 2.24) is 5.32 Å². The van der Waals surface area contributed by atoms with Gasteiger partial charge in [-0.25, -0.2) is 8.78 Å². The zero-order valence-corrected chi connectivity index (χ0v) is 12.6. The zero-order chi connectivity index (χ0) is 17.7. The number of benzene rings is 2. The van der Waals surface area contributed by atoms with E-state index in [9.17, 15) is 23.5 Å². The van der Waals surface area contributed by atoms with Crippen molar-refractivity contribution >= 4 is 17.5 Å². The van der Waals surface area contributed by atoms with Gasteiger partial charge in [-0.15, -0.1) is 0 Å². The fraction of sp³-hybridized carbons (Fsp3) is 0.125. The van der Waals surface area contributed by atoms with Gasteiger partial charge in [0.2, 0.25) is 0 Å². The van der Waals surface area contributed by atoms with Gasteiger partial charge >= 0.3 is 11.8 Å². The molecule has 3 N–H and O–H groups in total. The maximum absolute atomic E-state index is 13.4. The largest absolute Gasteiger partial charge is 0.504 e. The molecule has 0 aliphatic heterocycles. The van der Waals surface area contributed by atoms with Gasteiger partial charge in [0.15, 0.2) is 11.5 Å². The lowest BCUT2D eigenvalue weighted by Gasteiger charge is -2.10. The molecule has 0 radical (unpaired) electrons. The average molecular weight is 336 g/mol. The van der Waals surface area contributed by atoms with E-state index in [0.29, 0.717) is 5.56 Å². The molecule has 0 saturated carbocycles. The molecule has 0 aliphatic rings. The molecule has 0 aliphatic carbocycles. The standard InChI is InChI=1S/C16H14F2N2O4/c1-24-13-4-2-3-9(14(13)21)8-19-15(22)16(23)20-12-7-10(17)5-6-11(12)18/h2-7,21H,8H2,1H3,(H,19,22)(H,20,23). The van der Waals surface area contributed by atoms with Crippen molar-refractivity contribution in [2.24, 2.45) is 0 Å². The summed E-state index contributed by atoms with van der Waals surface area (Å²) in [5, 5.41) is 14.1. The van der Waals surface area contributed by atoms with Crippen LogP contribution in [0.25, 0.3) is 0 Å². The van der Waals surface area contributed by atoms with Gasteiger partial charge in [-0.3, -0.25) is 9.59 Å². The second-order valence-corrected chi connectivity index (χ2v) is 4.73. The van der Waals surface area contributed by atoms with Crippen molar-refractivity contribution in [3.8, 4) is 11.5 Å². The highest BCUT2D eigenvalue weighted by molar-refractivity contribution is 6.39. The molecule has 24 heavy (non-hydrogen) atoms. The van der Waals surface area contributed by atoms with E-state index >= 15 is 0 Å². The summed E-state index contributed by atoms with van der Waals surface area (Å²) in [5.74, 6) is -3.82. The Hall–Kier alpha value is -3.16. The quantitative estimate of drug-likeness (QED) is 0.745. The molecule has 0 atom stereocenters. The number of carbonyl (C=O) groups is 2. The highest BCUT2D eigenvalue weighted by Gasteiger charge is 2.17. The van der Waals surface area contributed by atoms with E-state index in [0.717, 1.165) is 18.2 Å². The van der Waals surface area contributed by atoms with Crippen LogP contribution in [0, 0.1) is 11.6 Å². The van der Waals surface area contributed by atoms with E-state index < -0.39 is 29.1 Å². The predicted octanol–water partition coefficient (Wildman–Crippen LogP) is 1.93. The van der Waals surface area contributed by atoms with Gasteiger partial charge in [0, 0.05) is 18.2 Å².